The number of nitrogens with zero attached hydrogens (tertiary/aromatic N) is 6. The van der Waals surface area contributed by atoms with Gasteiger partial charge in [0, 0.05) is 39.3 Å². The number of carbonyl (C=O) groups excluding carboxylic acids is 1. The molecule has 2 aliphatic heterocycles. The largest absolute Gasteiger partial charge is 0.379 e. The Balaban J connectivity index is 1.29. The Bertz CT molecular complexity index is 475. The molecular formula is C14H25N7O2. The van der Waals surface area contributed by atoms with Crippen LogP contribution in [0.1, 0.15) is 6.42 Å². The SMILES string of the molecule is O=C(Cn1cnnn1)NC[C@@H]1CCN(CCN2CCOCC2)C1. The van der Waals surface area contributed by atoms with E-state index < -0.39 is 0 Å². The molecule has 2 fully saturated rings. The van der Waals surface area contributed by atoms with Crippen molar-refractivity contribution < 1.29 is 9.53 Å². The Kier molecular flexibility index (Phi) is 5.89. The first kappa shape index (κ1) is 16.3. The average molecular weight is 323 g/mol. The molecule has 0 radical (unpaired) electrons. The van der Waals surface area contributed by atoms with Crippen LogP contribution < -0.4 is 5.32 Å². The van der Waals surface area contributed by atoms with Gasteiger partial charge in [-0.15, -0.1) is 5.10 Å². The number of ether oxygens (including phenoxy) is 1. The van der Waals surface area contributed by atoms with Gasteiger partial charge in [0.15, 0.2) is 0 Å². The Morgan fingerprint density at radius 2 is 2.04 bits per heavy atom. The third kappa shape index (κ3) is 5.22. The topological polar surface area (TPSA) is 88.4 Å². The van der Waals surface area contributed by atoms with Gasteiger partial charge in [0.05, 0.1) is 13.2 Å². The minimum absolute atomic E-state index is 0.0379. The van der Waals surface area contributed by atoms with Crippen molar-refractivity contribution in [1.29, 1.82) is 0 Å². The summed E-state index contributed by atoms with van der Waals surface area (Å²) < 4.78 is 6.80. The highest BCUT2D eigenvalue weighted by atomic mass is 16.5. The molecule has 128 valence electrons. The molecule has 1 aromatic heterocycles. The first-order chi connectivity index (χ1) is 11.3. The van der Waals surface area contributed by atoms with Crippen LogP contribution in [0.15, 0.2) is 6.33 Å². The van der Waals surface area contributed by atoms with Gasteiger partial charge in [-0.05, 0) is 29.3 Å². The quantitative estimate of drug-likeness (QED) is 0.649. The molecule has 1 aromatic rings. The molecule has 0 bridgehead atoms. The van der Waals surface area contributed by atoms with Crippen molar-refractivity contribution in [3.63, 3.8) is 0 Å². The molecule has 9 heteroatoms. The second kappa shape index (κ2) is 8.32. The van der Waals surface area contributed by atoms with Gasteiger partial charge >= 0.3 is 0 Å². The fourth-order valence-electron chi connectivity index (χ4n) is 3.10. The summed E-state index contributed by atoms with van der Waals surface area (Å²) in [4.78, 5) is 16.8. The van der Waals surface area contributed by atoms with Crippen molar-refractivity contribution in [1.82, 2.24) is 35.3 Å². The van der Waals surface area contributed by atoms with Gasteiger partial charge in [0.2, 0.25) is 5.91 Å². The monoisotopic (exact) mass is 323 g/mol. The molecule has 1 amide bonds. The molecule has 0 unspecified atom stereocenters. The van der Waals surface area contributed by atoms with Crippen molar-refractivity contribution in [3.8, 4) is 0 Å². The van der Waals surface area contributed by atoms with Crippen LogP contribution in [0.3, 0.4) is 0 Å². The van der Waals surface area contributed by atoms with Gasteiger partial charge in [0.25, 0.3) is 0 Å². The van der Waals surface area contributed by atoms with Crippen LogP contribution in [0, 0.1) is 5.92 Å². The van der Waals surface area contributed by atoms with Gasteiger partial charge in [-0.2, -0.15) is 0 Å². The Hall–Kier alpha value is -1.58. The van der Waals surface area contributed by atoms with Crippen molar-refractivity contribution in [3.05, 3.63) is 6.33 Å². The summed E-state index contributed by atoms with van der Waals surface area (Å²) in [6.07, 6.45) is 2.59. The molecule has 3 rings (SSSR count). The van der Waals surface area contributed by atoms with E-state index in [0.717, 1.165) is 65.4 Å². The maximum Gasteiger partial charge on any atom is 0.241 e. The first-order valence-corrected chi connectivity index (χ1v) is 8.29. The Morgan fingerprint density at radius 1 is 1.22 bits per heavy atom. The zero-order chi connectivity index (χ0) is 15.9. The van der Waals surface area contributed by atoms with E-state index in [1.54, 1.807) is 0 Å². The van der Waals surface area contributed by atoms with E-state index in [2.05, 4.69) is 30.6 Å². The van der Waals surface area contributed by atoms with Crippen molar-refractivity contribution in [2.45, 2.75) is 13.0 Å². The molecule has 23 heavy (non-hydrogen) atoms. The highest BCUT2D eigenvalue weighted by Gasteiger charge is 2.23. The second-order valence-electron chi connectivity index (χ2n) is 6.22. The zero-order valence-electron chi connectivity index (χ0n) is 13.4. The lowest BCUT2D eigenvalue weighted by Crippen LogP contribution is -2.41. The van der Waals surface area contributed by atoms with Crippen molar-refractivity contribution >= 4 is 5.91 Å². The van der Waals surface area contributed by atoms with Gasteiger partial charge in [-0.25, -0.2) is 4.68 Å². The second-order valence-corrected chi connectivity index (χ2v) is 6.22. The fraction of sp³-hybridized carbons (Fsp3) is 0.857. The first-order valence-electron chi connectivity index (χ1n) is 8.29. The molecule has 2 saturated heterocycles. The lowest BCUT2D eigenvalue weighted by molar-refractivity contribution is -0.122. The number of nitrogens with one attached hydrogen (secondary N) is 1. The van der Waals surface area contributed by atoms with E-state index in [-0.39, 0.29) is 12.5 Å². The normalized spacial score (nSPS) is 23.2. The predicted octanol–water partition coefficient (Wildman–Crippen LogP) is -1.56. The van der Waals surface area contributed by atoms with Crippen LogP contribution in [0.4, 0.5) is 0 Å². The lowest BCUT2D eigenvalue weighted by Gasteiger charge is -2.28. The molecule has 1 N–H and O–H groups in total. The van der Waals surface area contributed by atoms with Gasteiger partial charge in [-0.3, -0.25) is 9.69 Å². The number of rotatable bonds is 7. The molecule has 0 spiro atoms. The summed E-state index contributed by atoms with van der Waals surface area (Å²) >= 11 is 0. The van der Waals surface area contributed by atoms with Crippen molar-refractivity contribution in [2.75, 3.05) is 59.0 Å². The van der Waals surface area contributed by atoms with Crippen LogP contribution in [-0.2, 0) is 16.1 Å². The molecule has 2 aliphatic rings. The van der Waals surface area contributed by atoms with Gasteiger partial charge < -0.3 is 15.0 Å². The zero-order valence-corrected chi connectivity index (χ0v) is 13.4. The van der Waals surface area contributed by atoms with E-state index in [9.17, 15) is 4.79 Å². The standard InChI is InChI=1S/C14H25N7O2/c22-14(11-21-12-16-17-18-21)15-9-13-1-2-20(10-13)4-3-19-5-7-23-8-6-19/h12-13H,1-11H2,(H,15,22)/t13-/m0/s1. The van der Waals surface area contributed by atoms with Crippen LogP contribution in [0.25, 0.3) is 0 Å². The summed E-state index contributed by atoms with van der Waals surface area (Å²) in [6, 6.07) is 0. The highest BCUT2D eigenvalue weighted by Crippen LogP contribution is 2.15. The number of morpholine rings is 1. The minimum Gasteiger partial charge on any atom is -0.379 e. The number of tetrazole rings is 1. The molecule has 9 nitrogen and oxygen atoms in total. The number of hydrogen-bond acceptors (Lipinski definition) is 7. The maximum atomic E-state index is 11.8. The van der Waals surface area contributed by atoms with Crippen molar-refractivity contribution in [2.24, 2.45) is 5.92 Å². The van der Waals surface area contributed by atoms with E-state index in [1.807, 2.05) is 0 Å². The van der Waals surface area contributed by atoms with E-state index >= 15 is 0 Å². The summed E-state index contributed by atoms with van der Waals surface area (Å²) in [5, 5.41) is 13.7. The molecule has 3 heterocycles. The van der Waals surface area contributed by atoms with Gasteiger partial charge in [0.1, 0.15) is 12.9 Å². The molecular weight excluding hydrogens is 298 g/mol. The average Bonchev–Trinajstić information content (AvgIpc) is 3.24. The summed E-state index contributed by atoms with van der Waals surface area (Å²) in [5.74, 6) is 0.501. The smallest absolute Gasteiger partial charge is 0.241 e. The van der Waals surface area contributed by atoms with Crippen LogP contribution in [-0.4, -0.2) is 94.9 Å². The molecule has 1 atom stereocenters. The van der Waals surface area contributed by atoms with Crippen LogP contribution in [0.5, 0.6) is 0 Å². The third-order valence-electron chi connectivity index (χ3n) is 4.49. The van der Waals surface area contributed by atoms with E-state index in [4.69, 9.17) is 4.74 Å². The number of likely N-dealkylation sites (tertiary alicyclic amines) is 1. The fourth-order valence-corrected chi connectivity index (χ4v) is 3.10. The van der Waals surface area contributed by atoms with Gasteiger partial charge in [-0.1, -0.05) is 0 Å². The lowest BCUT2D eigenvalue weighted by atomic mass is 10.1. The Morgan fingerprint density at radius 3 is 2.83 bits per heavy atom. The molecule has 0 saturated carbocycles. The maximum absolute atomic E-state index is 11.8. The third-order valence-corrected chi connectivity index (χ3v) is 4.49. The number of hydrogen-bond donors (Lipinski definition) is 1. The highest BCUT2D eigenvalue weighted by molar-refractivity contribution is 5.75. The summed E-state index contributed by atoms with van der Waals surface area (Å²) in [7, 11) is 0. The van der Waals surface area contributed by atoms with Crippen LogP contribution >= 0.6 is 0 Å². The summed E-state index contributed by atoms with van der Waals surface area (Å²) in [5.41, 5.74) is 0. The number of carbonyl (C=O) groups is 1. The minimum atomic E-state index is -0.0379. The predicted molar refractivity (Wildman–Crippen MR) is 82.6 cm³/mol. The van der Waals surface area contributed by atoms with Crippen LogP contribution in [0.2, 0.25) is 0 Å². The molecule has 0 aromatic carbocycles. The summed E-state index contributed by atoms with van der Waals surface area (Å²) in [6.45, 7) is 9.13. The Labute approximate surface area is 135 Å². The van der Waals surface area contributed by atoms with E-state index in [0.29, 0.717) is 5.92 Å². The number of amides is 1. The molecule has 0 aliphatic carbocycles. The van der Waals surface area contributed by atoms with E-state index in [1.165, 1.54) is 11.0 Å². The number of aromatic nitrogens is 4.